The lowest BCUT2D eigenvalue weighted by atomic mass is 10.1. The Balaban J connectivity index is 2.33. The van der Waals surface area contributed by atoms with Crippen molar-refractivity contribution in [2.45, 2.75) is 13.8 Å². The summed E-state index contributed by atoms with van der Waals surface area (Å²) in [6, 6.07) is 13.8. The van der Waals surface area contributed by atoms with Crippen molar-refractivity contribution < 1.29 is 4.74 Å². The van der Waals surface area contributed by atoms with E-state index in [0.717, 1.165) is 22.2 Å². The molecule has 0 fully saturated rings. The van der Waals surface area contributed by atoms with E-state index in [9.17, 15) is 0 Å². The van der Waals surface area contributed by atoms with Crippen LogP contribution in [-0.4, -0.2) is 10.2 Å². The first-order valence-electron chi connectivity index (χ1n) is 5.23. The summed E-state index contributed by atoms with van der Waals surface area (Å²) in [4.78, 5) is 0. The first-order chi connectivity index (χ1) is 7.68. The lowest BCUT2D eigenvalue weighted by molar-refractivity contribution is 0.478. The fourth-order valence-electron chi connectivity index (χ4n) is 1.52. The van der Waals surface area contributed by atoms with Gasteiger partial charge in [-0.2, -0.15) is 0 Å². The Labute approximate surface area is 99.5 Å². The smallest absolute Gasteiger partial charge is 0.130 e. The highest BCUT2D eigenvalue weighted by Crippen LogP contribution is 2.25. The summed E-state index contributed by atoms with van der Waals surface area (Å²) in [6.45, 7) is 4.15. The number of hydrogen-bond donors (Lipinski definition) is 0. The van der Waals surface area contributed by atoms with Gasteiger partial charge in [-0.25, -0.2) is 0 Å². The molecule has 0 bridgehead atoms. The van der Waals surface area contributed by atoms with Gasteiger partial charge in [0.15, 0.2) is 0 Å². The van der Waals surface area contributed by atoms with Crippen molar-refractivity contribution in [1.29, 1.82) is 0 Å². The molecule has 0 unspecified atom stereocenters. The zero-order valence-electron chi connectivity index (χ0n) is 9.45. The lowest BCUT2D eigenvalue weighted by Gasteiger charge is -2.12. The van der Waals surface area contributed by atoms with Crippen LogP contribution in [0.25, 0.3) is 0 Å². The van der Waals surface area contributed by atoms with Crippen LogP contribution in [0.3, 0.4) is 0 Å². The van der Waals surface area contributed by atoms with Crippen molar-refractivity contribution in [1.82, 2.24) is 0 Å². The molecule has 0 N–H and O–H groups in total. The number of para-hydroxylation sites is 1. The summed E-state index contributed by atoms with van der Waals surface area (Å²) in [6.07, 6.45) is 0. The van der Waals surface area contributed by atoms with Crippen LogP contribution >= 0.6 is 0 Å². The molecule has 2 rings (SSSR count). The molecular weight excluding hydrogens is 212 g/mol. The van der Waals surface area contributed by atoms with Gasteiger partial charge in [-0.15, -0.1) is 0 Å². The van der Waals surface area contributed by atoms with E-state index in [1.807, 2.05) is 42.5 Å². The van der Waals surface area contributed by atoms with Gasteiger partial charge in [-0.3, -0.25) is 0 Å². The molecule has 0 saturated carbocycles. The molecule has 1 nitrogen and oxygen atoms in total. The molecule has 0 heterocycles. The topological polar surface area (TPSA) is 9.23 Å². The fourth-order valence-corrected chi connectivity index (χ4v) is 1.79. The van der Waals surface area contributed by atoms with Crippen molar-refractivity contribution in [2.75, 3.05) is 0 Å². The summed E-state index contributed by atoms with van der Waals surface area (Å²) in [5.74, 6) is 1.78. The monoisotopic (exact) mass is 225 g/mol. The summed E-state index contributed by atoms with van der Waals surface area (Å²) in [7, 11) is 3.56. The highest BCUT2D eigenvalue weighted by molar-refractivity contribution is 6.33. The molecule has 2 aromatic rings. The molecule has 2 heteroatoms. The lowest BCUT2D eigenvalue weighted by Crippen LogP contribution is -2.08. The van der Waals surface area contributed by atoms with Crippen molar-refractivity contribution in [3.05, 3.63) is 53.6 Å². The number of benzene rings is 2. The summed E-state index contributed by atoms with van der Waals surface area (Å²) < 4.78 is 5.82. The predicted octanol–water partition coefficient (Wildman–Crippen LogP) is 2.89. The Morgan fingerprint density at radius 3 is 2.25 bits per heavy atom. The van der Waals surface area contributed by atoms with Crippen molar-refractivity contribution in [2.24, 2.45) is 0 Å². The maximum atomic E-state index is 5.82. The molecule has 0 spiro atoms. The molecule has 16 heavy (non-hydrogen) atoms. The maximum Gasteiger partial charge on any atom is 0.130 e. The molecule has 0 saturated heterocycles. The fraction of sp³-hybridized carbons (Fsp3) is 0.143. The molecule has 79 valence electrons. The van der Waals surface area contributed by atoms with E-state index >= 15 is 0 Å². The van der Waals surface area contributed by atoms with Crippen molar-refractivity contribution in [3.8, 4) is 11.5 Å². The van der Waals surface area contributed by atoms with E-state index in [0.29, 0.717) is 0 Å². The number of hydrogen-bond acceptors (Lipinski definition) is 1. The normalized spacial score (nSPS) is 10.2. The molecule has 0 amide bonds. The highest BCUT2D eigenvalue weighted by atomic mass is 28.1. The van der Waals surface area contributed by atoms with Gasteiger partial charge in [0.2, 0.25) is 0 Å². The van der Waals surface area contributed by atoms with E-state index in [1.54, 1.807) is 0 Å². The van der Waals surface area contributed by atoms with Crippen LogP contribution in [0.2, 0.25) is 0 Å². The van der Waals surface area contributed by atoms with Gasteiger partial charge < -0.3 is 4.74 Å². The van der Waals surface area contributed by atoms with Crippen LogP contribution in [0.15, 0.2) is 42.5 Å². The molecule has 0 aromatic heterocycles. The SMILES string of the molecule is Cc1c([Si])ccc(Oc2ccccc2)c1C. The summed E-state index contributed by atoms with van der Waals surface area (Å²) >= 11 is 0. The number of ether oxygens (including phenoxy) is 1. The Bertz CT molecular complexity index is 492. The van der Waals surface area contributed by atoms with Gasteiger partial charge in [0.1, 0.15) is 11.5 Å². The molecule has 2 aromatic carbocycles. The zero-order chi connectivity index (χ0) is 11.5. The van der Waals surface area contributed by atoms with Crippen LogP contribution in [0.5, 0.6) is 11.5 Å². The van der Waals surface area contributed by atoms with Gasteiger partial charge in [-0.05, 0) is 43.2 Å². The quantitative estimate of drug-likeness (QED) is 0.714. The molecule has 3 radical (unpaired) electrons. The second-order valence-corrected chi connectivity index (χ2v) is 4.32. The third kappa shape index (κ3) is 2.17. The van der Waals surface area contributed by atoms with E-state index in [2.05, 4.69) is 24.1 Å². The zero-order valence-corrected chi connectivity index (χ0v) is 10.4. The van der Waals surface area contributed by atoms with Gasteiger partial charge in [-0.1, -0.05) is 29.5 Å². The summed E-state index contributed by atoms with van der Waals surface area (Å²) in [5, 5.41) is 1.11. The molecule has 0 atom stereocenters. The van der Waals surface area contributed by atoms with Crippen molar-refractivity contribution in [3.63, 3.8) is 0 Å². The first kappa shape index (κ1) is 11.0. The van der Waals surface area contributed by atoms with Crippen LogP contribution in [-0.2, 0) is 0 Å². The third-order valence-corrected chi connectivity index (χ3v) is 3.25. The molecule has 0 aliphatic rings. The van der Waals surface area contributed by atoms with Gasteiger partial charge in [0.05, 0.1) is 10.2 Å². The Morgan fingerprint density at radius 2 is 1.56 bits per heavy atom. The third-order valence-electron chi connectivity index (χ3n) is 2.71. The molecular formula is C14H13OSi. The van der Waals surface area contributed by atoms with Crippen LogP contribution in [0.1, 0.15) is 11.1 Å². The van der Waals surface area contributed by atoms with Crippen LogP contribution in [0.4, 0.5) is 0 Å². The van der Waals surface area contributed by atoms with Crippen LogP contribution in [0, 0.1) is 13.8 Å². The average molecular weight is 225 g/mol. The molecule has 0 aliphatic carbocycles. The largest absolute Gasteiger partial charge is 0.457 e. The van der Waals surface area contributed by atoms with E-state index in [1.165, 1.54) is 5.56 Å². The average Bonchev–Trinajstić information content (AvgIpc) is 2.31. The van der Waals surface area contributed by atoms with Crippen molar-refractivity contribution >= 4 is 15.4 Å². The predicted molar refractivity (Wildman–Crippen MR) is 67.8 cm³/mol. The standard InChI is InChI=1S/C14H13OSi/c1-10-11(2)14(16)9-8-13(10)15-12-6-4-3-5-7-12/h3-9H,1-2H3. The summed E-state index contributed by atoms with van der Waals surface area (Å²) in [5.41, 5.74) is 2.38. The minimum Gasteiger partial charge on any atom is -0.457 e. The van der Waals surface area contributed by atoms with E-state index in [-0.39, 0.29) is 0 Å². The second kappa shape index (κ2) is 4.54. The highest BCUT2D eigenvalue weighted by Gasteiger charge is 2.05. The Morgan fingerprint density at radius 1 is 0.875 bits per heavy atom. The number of rotatable bonds is 2. The van der Waals surface area contributed by atoms with Gasteiger partial charge >= 0.3 is 0 Å². The Hall–Kier alpha value is -1.54. The van der Waals surface area contributed by atoms with E-state index < -0.39 is 0 Å². The van der Waals surface area contributed by atoms with Crippen LogP contribution < -0.4 is 9.92 Å². The second-order valence-electron chi connectivity index (χ2n) is 3.78. The van der Waals surface area contributed by atoms with Gasteiger partial charge in [0, 0.05) is 0 Å². The minimum absolute atomic E-state index is 0.867. The Kier molecular flexibility index (Phi) is 3.11. The maximum absolute atomic E-state index is 5.82. The minimum atomic E-state index is 0.867. The molecule has 0 aliphatic heterocycles. The van der Waals surface area contributed by atoms with Gasteiger partial charge in [0.25, 0.3) is 0 Å². The van der Waals surface area contributed by atoms with E-state index in [4.69, 9.17) is 4.74 Å². The first-order valence-corrected chi connectivity index (χ1v) is 5.73.